The number of likely N-dealkylation sites (tertiary alicyclic amines) is 1. The lowest BCUT2D eigenvalue weighted by Gasteiger charge is -2.52. The molecule has 0 aromatic carbocycles. The highest BCUT2D eigenvalue weighted by atomic mass is 16.2. The Labute approximate surface area is 137 Å². The second-order valence-electron chi connectivity index (χ2n) is 7.06. The van der Waals surface area contributed by atoms with E-state index >= 15 is 0 Å². The van der Waals surface area contributed by atoms with Crippen molar-refractivity contribution in [2.24, 2.45) is 0 Å². The van der Waals surface area contributed by atoms with Crippen LogP contribution in [0.25, 0.3) is 0 Å². The van der Waals surface area contributed by atoms with Crippen molar-refractivity contribution in [1.82, 2.24) is 19.7 Å². The molecule has 6 heteroatoms. The van der Waals surface area contributed by atoms with Gasteiger partial charge in [0.15, 0.2) is 0 Å². The van der Waals surface area contributed by atoms with Crippen molar-refractivity contribution in [3.8, 4) is 0 Å². The number of carbonyl (C=O) groups excluding carboxylic acids is 1. The molecule has 0 bridgehead atoms. The summed E-state index contributed by atoms with van der Waals surface area (Å²) in [6.45, 7) is 6.18. The van der Waals surface area contributed by atoms with Gasteiger partial charge in [-0.3, -0.25) is 14.5 Å². The summed E-state index contributed by atoms with van der Waals surface area (Å²) in [5.41, 5.74) is 0.795. The lowest BCUT2D eigenvalue weighted by Crippen LogP contribution is -2.65. The maximum absolute atomic E-state index is 12.8. The normalized spacial score (nSPS) is 22.5. The molecule has 2 saturated heterocycles. The molecule has 3 rings (SSSR count). The molecule has 0 aliphatic carbocycles. The second kappa shape index (κ2) is 6.09. The van der Waals surface area contributed by atoms with Crippen LogP contribution in [0.15, 0.2) is 16.9 Å². The van der Waals surface area contributed by atoms with E-state index in [4.69, 9.17) is 0 Å². The highest BCUT2D eigenvalue weighted by molar-refractivity contribution is 5.94. The summed E-state index contributed by atoms with van der Waals surface area (Å²) in [4.78, 5) is 34.2. The molecular weight excluding hydrogens is 292 g/mol. The number of likely N-dealkylation sites (N-methyl/N-ethyl adjacent to an activating group) is 1. The number of pyridine rings is 1. The summed E-state index contributed by atoms with van der Waals surface area (Å²) in [5.74, 6) is -0.141. The summed E-state index contributed by atoms with van der Waals surface area (Å²) in [6, 6.07) is 3.44. The molecule has 1 spiro atoms. The van der Waals surface area contributed by atoms with Crippen molar-refractivity contribution in [2.75, 3.05) is 46.8 Å². The Bertz CT molecular complexity index is 646. The van der Waals surface area contributed by atoms with E-state index in [2.05, 4.69) is 28.9 Å². The number of amides is 1. The Morgan fingerprint density at radius 3 is 2.48 bits per heavy atom. The Hall–Kier alpha value is -1.66. The second-order valence-corrected chi connectivity index (χ2v) is 7.06. The van der Waals surface area contributed by atoms with Gasteiger partial charge in [0.05, 0.1) is 0 Å². The van der Waals surface area contributed by atoms with E-state index in [1.807, 2.05) is 11.8 Å². The van der Waals surface area contributed by atoms with Crippen LogP contribution in [-0.2, 0) is 0 Å². The number of nitrogens with zero attached hydrogens (tertiary/aromatic N) is 3. The smallest absolute Gasteiger partial charge is 0.260 e. The molecule has 3 heterocycles. The molecule has 2 aliphatic heterocycles. The third-order valence-electron chi connectivity index (χ3n) is 5.49. The van der Waals surface area contributed by atoms with Gasteiger partial charge in [-0.2, -0.15) is 0 Å². The monoisotopic (exact) mass is 318 g/mol. The molecule has 0 saturated carbocycles. The van der Waals surface area contributed by atoms with Crippen LogP contribution >= 0.6 is 0 Å². The van der Waals surface area contributed by atoms with Crippen LogP contribution in [0.2, 0.25) is 0 Å². The van der Waals surface area contributed by atoms with Crippen molar-refractivity contribution < 1.29 is 4.79 Å². The maximum atomic E-state index is 12.8. The zero-order valence-electron chi connectivity index (χ0n) is 14.3. The molecule has 1 amide bonds. The van der Waals surface area contributed by atoms with Gasteiger partial charge in [0.2, 0.25) is 0 Å². The molecule has 0 unspecified atom stereocenters. The van der Waals surface area contributed by atoms with Gasteiger partial charge in [-0.25, -0.2) is 0 Å². The molecule has 126 valence electrons. The van der Waals surface area contributed by atoms with Crippen LogP contribution in [0.4, 0.5) is 0 Å². The molecule has 0 radical (unpaired) electrons. The highest BCUT2D eigenvalue weighted by Crippen LogP contribution is 2.31. The van der Waals surface area contributed by atoms with E-state index in [1.54, 1.807) is 12.1 Å². The minimum Gasteiger partial charge on any atom is -0.335 e. The zero-order valence-corrected chi connectivity index (χ0v) is 14.3. The summed E-state index contributed by atoms with van der Waals surface area (Å²) in [7, 11) is 4.30. The number of nitrogens with one attached hydrogen (secondary N) is 1. The first-order valence-corrected chi connectivity index (χ1v) is 8.30. The Balaban J connectivity index is 1.81. The predicted molar refractivity (Wildman–Crippen MR) is 89.8 cm³/mol. The van der Waals surface area contributed by atoms with Gasteiger partial charge in [-0.15, -0.1) is 0 Å². The number of aromatic amines is 1. The average Bonchev–Trinajstić information content (AvgIpc) is 2.52. The number of hydrogen-bond donors (Lipinski definition) is 1. The molecular formula is C17H26N4O2. The molecule has 2 aliphatic rings. The fourth-order valence-electron chi connectivity index (χ4n) is 3.72. The first kappa shape index (κ1) is 16.2. The molecule has 23 heavy (non-hydrogen) atoms. The zero-order chi connectivity index (χ0) is 16.6. The molecule has 1 aromatic heterocycles. The van der Waals surface area contributed by atoms with Gasteiger partial charge in [-0.1, -0.05) is 0 Å². The van der Waals surface area contributed by atoms with Crippen molar-refractivity contribution in [3.63, 3.8) is 0 Å². The van der Waals surface area contributed by atoms with Gasteiger partial charge in [-0.05, 0) is 59.1 Å². The van der Waals surface area contributed by atoms with E-state index < -0.39 is 0 Å². The topological polar surface area (TPSA) is 59.7 Å². The third kappa shape index (κ3) is 3.05. The first-order chi connectivity index (χ1) is 10.9. The Morgan fingerprint density at radius 2 is 1.83 bits per heavy atom. The highest BCUT2D eigenvalue weighted by Gasteiger charge is 2.43. The van der Waals surface area contributed by atoms with E-state index in [9.17, 15) is 9.59 Å². The minimum absolute atomic E-state index is 0.0535. The summed E-state index contributed by atoms with van der Waals surface area (Å²) in [5, 5.41) is 0. The van der Waals surface area contributed by atoms with Gasteiger partial charge >= 0.3 is 0 Å². The Kier molecular flexibility index (Phi) is 4.29. The number of H-pyrrole nitrogens is 1. The van der Waals surface area contributed by atoms with Crippen LogP contribution in [-0.4, -0.2) is 77.9 Å². The fourth-order valence-corrected chi connectivity index (χ4v) is 3.72. The average molecular weight is 318 g/mol. The number of hydrogen-bond acceptors (Lipinski definition) is 4. The number of rotatable bonds is 1. The van der Waals surface area contributed by atoms with Crippen LogP contribution in [0, 0.1) is 6.92 Å². The molecule has 0 atom stereocenters. The lowest BCUT2D eigenvalue weighted by atomic mass is 9.83. The molecule has 1 N–H and O–H groups in total. The van der Waals surface area contributed by atoms with Gasteiger partial charge in [0, 0.05) is 30.9 Å². The maximum Gasteiger partial charge on any atom is 0.260 e. The summed E-state index contributed by atoms with van der Waals surface area (Å²) < 4.78 is 0. The fraction of sp³-hybridized carbons (Fsp3) is 0.647. The van der Waals surface area contributed by atoms with Crippen molar-refractivity contribution >= 4 is 5.91 Å². The van der Waals surface area contributed by atoms with E-state index in [-0.39, 0.29) is 22.6 Å². The Morgan fingerprint density at radius 1 is 1.13 bits per heavy atom. The predicted octanol–water partition coefficient (Wildman–Crippen LogP) is 0.535. The minimum atomic E-state index is -0.286. The summed E-state index contributed by atoms with van der Waals surface area (Å²) in [6.07, 6.45) is 2.13. The molecule has 1 aromatic rings. The number of piperazine rings is 1. The van der Waals surface area contributed by atoms with E-state index in [0.717, 1.165) is 38.2 Å². The summed E-state index contributed by atoms with van der Waals surface area (Å²) >= 11 is 0. The standard InChI is InChI=1S/C17H26N4O2/c1-13-4-5-14(15(22)18-13)16(23)21-11-10-20(3)17(12-21)6-8-19(2)9-7-17/h4-5H,6-12H2,1-3H3,(H,18,22). The van der Waals surface area contributed by atoms with E-state index in [1.165, 1.54) is 0 Å². The number of aromatic nitrogens is 1. The third-order valence-corrected chi connectivity index (χ3v) is 5.49. The molecule has 2 fully saturated rings. The van der Waals surface area contributed by atoms with Crippen molar-refractivity contribution in [3.05, 3.63) is 33.7 Å². The van der Waals surface area contributed by atoms with Crippen LogP contribution in [0.5, 0.6) is 0 Å². The number of aryl methyl sites for hydroxylation is 1. The van der Waals surface area contributed by atoms with Gasteiger partial charge in [0.1, 0.15) is 5.56 Å². The largest absolute Gasteiger partial charge is 0.335 e. The van der Waals surface area contributed by atoms with Gasteiger partial charge < -0.3 is 14.8 Å². The molecule has 6 nitrogen and oxygen atoms in total. The quantitative estimate of drug-likeness (QED) is 0.821. The van der Waals surface area contributed by atoms with Gasteiger partial charge in [0.25, 0.3) is 11.5 Å². The van der Waals surface area contributed by atoms with Crippen LogP contribution in [0.3, 0.4) is 0 Å². The van der Waals surface area contributed by atoms with Crippen molar-refractivity contribution in [2.45, 2.75) is 25.3 Å². The van der Waals surface area contributed by atoms with Crippen LogP contribution in [0.1, 0.15) is 28.9 Å². The number of piperidine rings is 1. The van der Waals surface area contributed by atoms with Crippen molar-refractivity contribution in [1.29, 1.82) is 0 Å². The SMILES string of the molecule is Cc1ccc(C(=O)N2CCN(C)C3(CCN(C)CC3)C2)c(=O)[nH]1. The first-order valence-electron chi connectivity index (χ1n) is 8.30. The van der Waals surface area contributed by atoms with Crippen LogP contribution < -0.4 is 5.56 Å². The number of carbonyl (C=O) groups is 1. The van der Waals surface area contributed by atoms with E-state index in [0.29, 0.717) is 13.1 Å². The lowest BCUT2D eigenvalue weighted by molar-refractivity contribution is -0.0171.